The van der Waals surface area contributed by atoms with E-state index in [4.69, 9.17) is 21.4 Å². The van der Waals surface area contributed by atoms with Gasteiger partial charge in [0.25, 0.3) is 5.91 Å². The number of hydrogen-bond acceptors (Lipinski definition) is 4. The topological polar surface area (TPSA) is 79.7 Å². The van der Waals surface area contributed by atoms with Crippen molar-refractivity contribution in [3.05, 3.63) is 41.0 Å². The number of amides is 1. The van der Waals surface area contributed by atoms with Gasteiger partial charge in [-0.3, -0.25) is 9.78 Å². The normalized spacial score (nSPS) is 21.4. The molecule has 1 fully saturated rings. The second-order valence-electron chi connectivity index (χ2n) is 5.51. The van der Waals surface area contributed by atoms with Gasteiger partial charge in [-0.2, -0.15) is 0 Å². The van der Waals surface area contributed by atoms with Crippen LogP contribution >= 0.6 is 11.6 Å². The lowest BCUT2D eigenvalue weighted by molar-refractivity contribution is -0.160. The zero-order valence-electron chi connectivity index (χ0n) is 12.4. The van der Waals surface area contributed by atoms with Crippen LogP contribution in [0.3, 0.4) is 0 Å². The first-order valence-corrected chi connectivity index (χ1v) is 7.55. The maximum Gasteiger partial charge on any atom is 0.334 e. The molecule has 2 aromatic rings. The molecule has 0 bridgehead atoms. The molecule has 1 aromatic heterocycles. The number of rotatable bonds is 2. The highest BCUT2D eigenvalue weighted by atomic mass is 35.5. The Kier molecular flexibility index (Phi) is 4.19. The zero-order chi connectivity index (χ0) is 16.6. The number of carboxylic acids is 1. The van der Waals surface area contributed by atoms with Crippen LogP contribution in [-0.2, 0) is 9.53 Å². The summed E-state index contributed by atoms with van der Waals surface area (Å²) in [4.78, 5) is 29.8. The summed E-state index contributed by atoms with van der Waals surface area (Å²) in [6, 6.07) is 6.90. The third-order valence-corrected chi connectivity index (χ3v) is 3.94. The van der Waals surface area contributed by atoms with Crippen LogP contribution in [0, 0.1) is 0 Å². The van der Waals surface area contributed by atoms with Crippen molar-refractivity contribution in [2.24, 2.45) is 0 Å². The average Bonchev–Trinajstić information content (AvgIpc) is 2.52. The van der Waals surface area contributed by atoms with E-state index in [2.05, 4.69) is 4.98 Å². The number of fused-ring (bicyclic) bond motifs is 1. The van der Waals surface area contributed by atoms with Crippen LogP contribution in [0.15, 0.2) is 30.5 Å². The summed E-state index contributed by atoms with van der Waals surface area (Å²) >= 11 is 6.10. The first-order chi connectivity index (χ1) is 11.0. The number of carbonyl (C=O) groups excluding carboxylic acids is 1. The minimum Gasteiger partial charge on any atom is -0.479 e. The van der Waals surface area contributed by atoms with Gasteiger partial charge in [0.1, 0.15) is 0 Å². The van der Waals surface area contributed by atoms with Gasteiger partial charge in [0.05, 0.1) is 23.7 Å². The van der Waals surface area contributed by atoms with Crippen molar-refractivity contribution in [1.29, 1.82) is 0 Å². The molecular weight excluding hydrogens is 320 g/mol. The molecule has 1 amide bonds. The molecule has 120 valence electrons. The Hall–Kier alpha value is -2.18. The molecule has 1 N–H and O–H groups in total. The number of aromatic nitrogens is 1. The molecule has 0 aliphatic carbocycles. The first kappa shape index (κ1) is 15.7. The molecular formula is C16H15ClN2O4. The third kappa shape index (κ3) is 3.13. The van der Waals surface area contributed by atoms with Gasteiger partial charge in [-0.25, -0.2) is 4.79 Å². The molecule has 23 heavy (non-hydrogen) atoms. The smallest absolute Gasteiger partial charge is 0.334 e. The Labute approximate surface area is 137 Å². The monoisotopic (exact) mass is 334 g/mol. The zero-order valence-corrected chi connectivity index (χ0v) is 13.2. The Balaban J connectivity index is 1.98. The van der Waals surface area contributed by atoms with Gasteiger partial charge in [0, 0.05) is 23.2 Å². The van der Waals surface area contributed by atoms with Crippen LogP contribution in [0.1, 0.15) is 17.3 Å². The van der Waals surface area contributed by atoms with E-state index < -0.39 is 12.1 Å². The molecule has 2 atom stereocenters. The summed E-state index contributed by atoms with van der Waals surface area (Å²) in [5, 5.41) is 10.3. The lowest BCUT2D eigenvalue weighted by atomic mass is 10.1. The quantitative estimate of drug-likeness (QED) is 0.910. The molecule has 2 heterocycles. The highest BCUT2D eigenvalue weighted by Gasteiger charge is 2.33. The second kappa shape index (κ2) is 6.14. The molecule has 1 aromatic carbocycles. The molecule has 1 aliphatic heterocycles. The highest BCUT2D eigenvalue weighted by Crippen LogP contribution is 2.24. The SMILES string of the molecule is C[C@@H]1CN(C(=O)c2cc(Cl)cc3cccnc23)CC(C(=O)O)O1. The fourth-order valence-corrected chi connectivity index (χ4v) is 2.97. The van der Waals surface area contributed by atoms with E-state index in [1.807, 2.05) is 6.07 Å². The minimum atomic E-state index is -1.08. The number of carboxylic acid groups (broad SMARTS) is 1. The predicted molar refractivity (Wildman–Crippen MR) is 84.6 cm³/mol. The van der Waals surface area contributed by atoms with Crippen LogP contribution in [0.5, 0.6) is 0 Å². The van der Waals surface area contributed by atoms with Crippen LogP contribution < -0.4 is 0 Å². The number of morpholine rings is 1. The molecule has 1 saturated heterocycles. The van der Waals surface area contributed by atoms with Gasteiger partial charge < -0.3 is 14.7 Å². The lowest BCUT2D eigenvalue weighted by Crippen LogP contribution is -2.51. The molecule has 0 radical (unpaired) electrons. The largest absolute Gasteiger partial charge is 0.479 e. The van der Waals surface area contributed by atoms with Crippen molar-refractivity contribution in [3.63, 3.8) is 0 Å². The molecule has 1 unspecified atom stereocenters. The maximum atomic E-state index is 12.9. The first-order valence-electron chi connectivity index (χ1n) is 7.17. The molecule has 6 nitrogen and oxygen atoms in total. The summed E-state index contributed by atoms with van der Waals surface area (Å²) in [7, 11) is 0. The molecule has 3 rings (SSSR count). The number of ether oxygens (including phenoxy) is 1. The van der Waals surface area contributed by atoms with Gasteiger partial charge in [-0.15, -0.1) is 0 Å². The lowest BCUT2D eigenvalue weighted by Gasteiger charge is -2.35. The number of benzene rings is 1. The maximum absolute atomic E-state index is 12.9. The van der Waals surface area contributed by atoms with E-state index >= 15 is 0 Å². The Morgan fingerprint density at radius 2 is 2.17 bits per heavy atom. The number of aliphatic carboxylic acids is 1. The van der Waals surface area contributed by atoms with Gasteiger partial charge >= 0.3 is 5.97 Å². The number of halogens is 1. The van der Waals surface area contributed by atoms with E-state index in [1.54, 1.807) is 31.3 Å². The van der Waals surface area contributed by atoms with E-state index in [1.165, 1.54) is 4.90 Å². The summed E-state index contributed by atoms with van der Waals surface area (Å²) in [6.45, 7) is 2.06. The summed E-state index contributed by atoms with van der Waals surface area (Å²) in [5.41, 5.74) is 0.916. The third-order valence-electron chi connectivity index (χ3n) is 3.72. The van der Waals surface area contributed by atoms with Crippen LogP contribution in [-0.4, -0.2) is 52.2 Å². The van der Waals surface area contributed by atoms with Gasteiger partial charge in [0.2, 0.25) is 0 Å². The number of nitrogens with zero attached hydrogens (tertiary/aromatic N) is 2. The number of hydrogen-bond donors (Lipinski definition) is 1. The molecule has 0 spiro atoms. The van der Waals surface area contributed by atoms with Crippen LogP contribution in [0.4, 0.5) is 0 Å². The molecule has 0 saturated carbocycles. The van der Waals surface area contributed by atoms with Crippen molar-refractivity contribution in [1.82, 2.24) is 9.88 Å². The second-order valence-corrected chi connectivity index (χ2v) is 5.95. The fourth-order valence-electron chi connectivity index (χ4n) is 2.74. The number of carbonyl (C=O) groups is 2. The van der Waals surface area contributed by atoms with Crippen molar-refractivity contribution in [2.45, 2.75) is 19.1 Å². The standard InChI is InChI=1S/C16H15ClN2O4/c1-9-7-19(8-13(23-9)16(21)22)15(20)12-6-11(17)5-10-3-2-4-18-14(10)12/h2-6,9,13H,7-8H2,1H3,(H,21,22)/t9-,13?/m1/s1. The highest BCUT2D eigenvalue weighted by molar-refractivity contribution is 6.32. The number of pyridine rings is 1. The van der Waals surface area contributed by atoms with Gasteiger partial charge in [0.15, 0.2) is 6.10 Å². The average molecular weight is 335 g/mol. The molecule has 1 aliphatic rings. The van der Waals surface area contributed by atoms with Crippen LogP contribution in [0.2, 0.25) is 5.02 Å². The summed E-state index contributed by atoms with van der Waals surface area (Å²) in [5.74, 6) is -1.37. The Bertz CT molecular complexity index is 780. The predicted octanol–water partition coefficient (Wildman–Crippen LogP) is 2.20. The van der Waals surface area contributed by atoms with Crippen LogP contribution in [0.25, 0.3) is 10.9 Å². The molecule has 7 heteroatoms. The van der Waals surface area contributed by atoms with E-state index in [0.717, 1.165) is 5.39 Å². The summed E-state index contributed by atoms with van der Waals surface area (Å²) in [6.07, 6.45) is 0.225. The van der Waals surface area contributed by atoms with Crippen molar-refractivity contribution < 1.29 is 19.4 Å². The fraction of sp³-hybridized carbons (Fsp3) is 0.312. The van der Waals surface area contributed by atoms with E-state index in [-0.39, 0.29) is 18.6 Å². The minimum absolute atomic E-state index is 0.000648. The Morgan fingerprint density at radius 1 is 1.39 bits per heavy atom. The van der Waals surface area contributed by atoms with Gasteiger partial charge in [-0.05, 0) is 25.1 Å². The van der Waals surface area contributed by atoms with Gasteiger partial charge in [-0.1, -0.05) is 17.7 Å². The van der Waals surface area contributed by atoms with Crippen molar-refractivity contribution in [2.75, 3.05) is 13.1 Å². The van der Waals surface area contributed by atoms with Crippen molar-refractivity contribution in [3.8, 4) is 0 Å². The Morgan fingerprint density at radius 3 is 2.91 bits per heavy atom. The van der Waals surface area contributed by atoms with Crippen molar-refractivity contribution >= 4 is 34.4 Å². The van der Waals surface area contributed by atoms with E-state index in [9.17, 15) is 9.59 Å². The van der Waals surface area contributed by atoms with E-state index in [0.29, 0.717) is 22.6 Å². The summed E-state index contributed by atoms with van der Waals surface area (Å²) < 4.78 is 5.34.